The van der Waals surface area contributed by atoms with Gasteiger partial charge >= 0.3 is 0 Å². The second kappa shape index (κ2) is 14.4. The van der Waals surface area contributed by atoms with Crippen LogP contribution in [0, 0.1) is 0 Å². The van der Waals surface area contributed by atoms with Crippen LogP contribution in [0.2, 0.25) is 0 Å². The Labute approximate surface area is 408 Å². The predicted octanol–water partition coefficient (Wildman–Crippen LogP) is 18.9. The minimum absolute atomic E-state index is 0.0626. The number of hydrogen-bond donors (Lipinski definition) is 0. The van der Waals surface area contributed by atoms with Crippen LogP contribution < -0.4 is 0 Å². The van der Waals surface area contributed by atoms with Crippen LogP contribution in [0.15, 0.2) is 188 Å². The third-order valence-corrected chi connectivity index (χ3v) is 16.8. The topological polar surface area (TPSA) is 0 Å². The van der Waals surface area contributed by atoms with Crippen molar-refractivity contribution in [1.82, 2.24) is 0 Å². The Balaban J connectivity index is 0.780. The molecule has 0 saturated heterocycles. The van der Waals surface area contributed by atoms with Crippen LogP contribution in [-0.4, -0.2) is 0 Å². The summed E-state index contributed by atoms with van der Waals surface area (Å²) < 4.78 is 0. The van der Waals surface area contributed by atoms with Crippen LogP contribution in [0.3, 0.4) is 0 Å². The highest BCUT2D eigenvalue weighted by atomic mass is 14.4. The monoisotopic (exact) mass is 886 g/mol. The van der Waals surface area contributed by atoms with Gasteiger partial charge in [-0.3, -0.25) is 0 Å². The Hall–Kier alpha value is -7.28. The van der Waals surface area contributed by atoms with Gasteiger partial charge in [0.2, 0.25) is 0 Å². The zero-order valence-corrected chi connectivity index (χ0v) is 41.4. The molecule has 3 aliphatic rings. The fourth-order valence-electron chi connectivity index (χ4n) is 12.6. The predicted molar refractivity (Wildman–Crippen MR) is 295 cm³/mol. The van der Waals surface area contributed by atoms with E-state index in [9.17, 15) is 0 Å². The molecule has 0 aliphatic heterocycles. The Bertz CT molecular complexity index is 3840. The number of benzene rings is 10. The van der Waals surface area contributed by atoms with Gasteiger partial charge in [0.15, 0.2) is 0 Å². The van der Waals surface area contributed by atoms with Gasteiger partial charge in [-0.05, 0) is 192 Å². The van der Waals surface area contributed by atoms with Gasteiger partial charge < -0.3 is 0 Å². The van der Waals surface area contributed by atoms with Crippen molar-refractivity contribution < 1.29 is 0 Å². The summed E-state index contributed by atoms with van der Waals surface area (Å²) in [6.45, 7) is 21.4. The minimum atomic E-state index is -0.143. The van der Waals surface area contributed by atoms with E-state index >= 15 is 0 Å². The lowest BCUT2D eigenvalue weighted by Crippen LogP contribution is -2.17. The van der Waals surface area contributed by atoms with E-state index < -0.39 is 0 Å². The molecule has 0 nitrogen and oxygen atoms in total. The van der Waals surface area contributed by atoms with Crippen LogP contribution >= 0.6 is 0 Å². The van der Waals surface area contributed by atoms with E-state index in [4.69, 9.17) is 0 Å². The summed E-state index contributed by atoms with van der Waals surface area (Å²) in [5, 5.41) is 5.06. The molecule has 0 bridgehead atoms. The van der Waals surface area contributed by atoms with Crippen molar-refractivity contribution in [2.45, 2.75) is 84.0 Å². The van der Waals surface area contributed by atoms with E-state index in [1.807, 2.05) is 0 Å². The van der Waals surface area contributed by atoms with Gasteiger partial charge in [0.1, 0.15) is 0 Å². The first-order chi connectivity index (χ1) is 33.0. The molecule has 334 valence electrons. The Kier molecular flexibility index (Phi) is 8.73. The Morgan fingerprint density at radius 1 is 0.246 bits per heavy atom. The number of rotatable bonds is 4. The average molecular weight is 887 g/mol. The summed E-state index contributed by atoms with van der Waals surface area (Å²) in [5.41, 5.74) is 27.9. The van der Waals surface area contributed by atoms with Crippen molar-refractivity contribution >= 4 is 21.5 Å². The highest BCUT2D eigenvalue weighted by molar-refractivity contribution is 5.95. The zero-order chi connectivity index (χ0) is 47.4. The maximum absolute atomic E-state index is 2.48. The van der Waals surface area contributed by atoms with Crippen LogP contribution in [-0.2, 0) is 21.7 Å². The van der Waals surface area contributed by atoms with Gasteiger partial charge in [0.05, 0.1) is 0 Å². The lowest BCUT2D eigenvalue weighted by molar-refractivity contribution is 0.584. The molecule has 0 radical (unpaired) electrons. The lowest BCUT2D eigenvalue weighted by Gasteiger charge is -2.25. The quantitative estimate of drug-likeness (QED) is 0.165. The van der Waals surface area contributed by atoms with E-state index in [0.29, 0.717) is 0 Å². The molecule has 0 spiro atoms. The average Bonchev–Trinajstić information content (AvgIpc) is 3.83. The zero-order valence-electron chi connectivity index (χ0n) is 41.4. The Morgan fingerprint density at radius 2 is 0.493 bits per heavy atom. The van der Waals surface area contributed by atoms with Crippen molar-refractivity contribution in [2.24, 2.45) is 0 Å². The van der Waals surface area contributed by atoms with Crippen LogP contribution in [0.4, 0.5) is 0 Å². The molecule has 0 atom stereocenters. The largest absolute Gasteiger partial charge is 0.0616 e. The van der Waals surface area contributed by atoms with Crippen LogP contribution in [0.5, 0.6) is 0 Å². The molecule has 0 fully saturated rings. The van der Waals surface area contributed by atoms with Crippen LogP contribution in [0.1, 0.15) is 101 Å². The Morgan fingerprint density at radius 3 is 0.826 bits per heavy atom. The maximum atomic E-state index is 2.48. The first-order valence-corrected chi connectivity index (χ1v) is 25.0. The summed E-state index contributed by atoms with van der Waals surface area (Å²) in [6, 6.07) is 72.3. The van der Waals surface area contributed by atoms with Crippen molar-refractivity contribution in [3.05, 3.63) is 227 Å². The fourth-order valence-corrected chi connectivity index (χ4v) is 12.6. The minimum Gasteiger partial charge on any atom is -0.0616 e. The van der Waals surface area contributed by atoms with Gasteiger partial charge in [-0.25, -0.2) is 0 Å². The SMILES string of the molecule is CC(C)(C)c1ccc2c(c1)C(C)(C)c1cc(-c3ccc4c(c3)C(C)(C)c3cc(-c5ccc6c(c5)C(C)(C)c5cc(-c7ccc8cc(-c9ccc%10ccccc%10c9)ccc8c7)ccc5-6)ccc3-4)ccc1-2. The van der Waals surface area contributed by atoms with Crippen molar-refractivity contribution in [3.63, 3.8) is 0 Å². The maximum Gasteiger partial charge on any atom is 0.0159 e. The summed E-state index contributed by atoms with van der Waals surface area (Å²) >= 11 is 0. The third kappa shape index (κ3) is 6.27. The fraction of sp³-hybridized carbons (Fsp3) is 0.188. The molecule has 0 aromatic heterocycles. The lowest BCUT2D eigenvalue weighted by atomic mass is 9.78. The summed E-state index contributed by atoms with van der Waals surface area (Å²) in [6.07, 6.45) is 0. The highest BCUT2D eigenvalue weighted by Gasteiger charge is 2.39. The molecular weight excluding hydrogens is 829 g/mol. The van der Waals surface area contributed by atoms with E-state index in [1.54, 1.807) is 0 Å². The molecule has 0 heteroatoms. The smallest absolute Gasteiger partial charge is 0.0159 e. The van der Waals surface area contributed by atoms with E-state index in [0.717, 1.165) is 0 Å². The molecule has 3 aliphatic carbocycles. The van der Waals surface area contributed by atoms with Gasteiger partial charge in [-0.1, -0.05) is 202 Å². The number of fused-ring (bicyclic) bond motifs is 11. The van der Waals surface area contributed by atoms with Gasteiger partial charge in [0, 0.05) is 16.2 Å². The molecule has 69 heavy (non-hydrogen) atoms. The molecule has 0 heterocycles. The summed E-state index contributed by atoms with van der Waals surface area (Å²) in [7, 11) is 0. The van der Waals surface area contributed by atoms with Gasteiger partial charge in [0.25, 0.3) is 0 Å². The molecule has 10 aromatic rings. The second-order valence-corrected chi connectivity index (χ2v) is 23.0. The first kappa shape index (κ1) is 41.9. The molecular formula is C69H58. The van der Waals surface area contributed by atoms with E-state index in [2.05, 4.69) is 250 Å². The van der Waals surface area contributed by atoms with Crippen molar-refractivity contribution in [1.29, 1.82) is 0 Å². The molecule has 0 amide bonds. The molecule has 0 N–H and O–H groups in total. The summed E-state index contributed by atoms with van der Waals surface area (Å²) in [4.78, 5) is 0. The summed E-state index contributed by atoms with van der Waals surface area (Å²) in [5.74, 6) is 0. The standard InChI is InChI=1S/C69H58/c1-66(2,3)53-25-31-59-58-30-24-52(39-64(58)69(8,9)65(59)40-53)51-23-29-57-56-28-22-50(37-62(56)68(6,7)63(57)38-51)49-21-27-55-54-26-20-48(35-60(54)67(4,5)61(55)36-49)47-19-18-45-33-44(16-17-46(45)34-47)43-15-14-41-12-10-11-13-42(41)32-43/h10-40H,1-9H3. The van der Waals surface area contributed by atoms with Gasteiger partial charge in [-0.2, -0.15) is 0 Å². The van der Waals surface area contributed by atoms with Crippen molar-refractivity contribution in [2.75, 3.05) is 0 Å². The second-order valence-electron chi connectivity index (χ2n) is 23.0. The normalized spacial score (nSPS) is 15.4. The first-order valence-electron chi connectivity index (χ1n) is 25.0. The van der Waals surface area contributed by atoms with E-state index in [1.165, 1.54) is 138 Å². The molecule has 13 rings (SSSR count). The third-order valence-electron chi connectivity index (χ3n) is 16.8. The molecule has 0 unspecified atom stereocenters. The van der Waals surface area contributed by atoms with E-state index in [-0.39, 0.29) is 21.7 Å². The molecule has 0 saturated carbocycles. The molecule has 10 aromatic carbocycles. The highest BCUT2D eigenvalue weighted by Crippen LogP contribution is 2.55. The van der Waals surface area contributed by atoms with Crippen LogP contribution in [0.25, 0.3) is 99.4 Å². The number of hydrogen-bond acceptors (Lipinski definition) is 0. The van der Waals surface area contributed by atoms with Gasteiger partial charge in [-0.15, -0.1) is 0 Å². The van der Waals surface area contributed by atoms with Crippen molar-refractivity contribution in [3.8, 4) is 77.9 Å².